The number of guanidine groups is 1. The molecule has 2 aliphatic carbocycles. The maximum atomic E-state index is 12.8. The maximum absolute atomic E-state index is 12.8. The van der Waals surface area contributed by atoms with Gasteiger partial charge in [-0.1, -0.05) is 39.0 Å². The quantitative estimate of drug-likeness (QED) is 0.323. The normalized spacial score (nSPS) is 30.8. The zero-order chi connectivity index (χ0) is 20.9. The fourth-order valence-electron chi connectivity index (χ4n) is 5.68. The molecule has 0 aromatic rings. The van der Waals surface area contributed by atoms with Crippen molar-refractivity contribution in [2.75, 3.05) is 40.8 Å². The number of aliphatic imine (C=N–C) groups is 1. The van der Waals surface area contributed by atoms with E-state index in [1.807, 2.05) is 7.05 Å². The zero-order valence-electron chi connectivity index (χ0n) is 19.6. The highest BCUT2D eigenvalue weighted by Gasteiger charge is 2.37. The number of hydrogen-bond acceptors (Lipinski definition) is 3. The molecule has 1 saturated heterocycles. The summed E-state index contributed by atoms with van der Waals surface area (Å²) in [7, 11) is 6.27. The number of nitrogens with zero attached hydrogens (tertiary/aromatic N) is 3. The number of likely N-dealkylation sites (N-methyl/N-ethyl adjacent to an activating group) is 1. The third-order valence-corrected chi connectivity index (χ3v) is 7.62. The number of carbonyl (C=O) groups excluding carboxylic acids is 1. The number of halogens is 1. The summed E-state index contributed by atoms with van der Waals surface area (Å²) in [6.45, 7) is 4.98. The largest absolute Gasteiger partial charge is 0.355 e. The molecule has 3 rings (SSSR count). The fourth-order valence-corrected chi connectivity index (χ4v) is 5.68. The van der Waals surface area contributed by atoms with E-state index in [-0.39, 0.29) is 35.4 Å². The van der Waals surface area contributed by atoms with Gasteiger partial charge < -0.3 is 20.4 Å². The van der Waals surface area contributed by atoms with Gasteiger partial charge in [0.25, 0.3) is 0 Å². The first kappa shape index (κ1) is 25.7. The summed E-state index contributed by atoms with van der Waals surface area (Å²) >= 11 is 0. The smallest absolute Gasteiger partial charge is 0.225 e. The molecule has 0 aromatic carbocycles. The van der Waals surface area contributed by atoms with Gasteiger partial charge in [-0.15, -0.1) is 24.0 Å². The van der Waals surface area contributed by atoms with E-state index < -0.39 is 0 Å². The molecule has 6 nitrogen and oxygen atoms in total. The number of carbonyl (C=O) groups is 1. The molecule has 0 bridgehead atoms. The third kappa shape index (κ3) is 6.47. The monoisotopic (exact) mass is 533 g/mol. The van der Waals surface area contributed by atoms with Gasteiger partial charge in [0.15, 0.2) is 5.96 Å². The highest BCUT2D eigenvalue weighted by atomic mass is 127. The van der Waals surface area contributed by atoms with Crippen molar-refractivity contribution in [2.45, 2.75) is 82.7 Å². The minimum atomic E-state index is 0. The summed E-state index contributed by atoms with van der Waals surface area (Å²) in [6.07, 6.45) is 12.0. The molecule has 1 aliphatic heterocycles. The van der Waals surface area contributed by atoms with Crippen LogP contribution in [0, 0.1) is 11.8 Å². The molecule has 174 valence electrons. The van der Waals surface area contributed by atoms with Gasteiger partial charge in [-0.25, -0.2) is 0 Å². The van der Waals surface area contributed by atoms with Crippen LogP contribution in [0.15, 0.2) is 4.99 Å². The second-order valence-corrected chi connectivity index (χ2v) is 10.00. The first-order valence-corrected chi connectivity index (χ1v) is 11.9. The van der Waals surface area contributed by atoms with Crippen molar-refractivity contribution >= 4 is 35.8 Å². The van der Waals surface area contributed by atoms with Crippen molar-refractivity contribution in [1.82, 2.24) is 20.4 Å². The second kappa shape index (κ2) is 11.9. The van der Waals surface area contributed by atoms with Crippen LogP contribution >= 0.6 is 24.0 Å². The van der Waals surface area contributed by atoms with Crippen molar-refractivity contribution in [2.24, 2.45) is 16.8 Å². The minimum absolute atomic E-state index is 0. The van der Waals surface area contributed by atoms with Gasteiger partial charge in [0.2, 0.25) is 5.91 Å². The standard InChI is InChI=1S/C23H43N5O.HI/c1-18-9-8-13-23(15-18,27(3)4)17-25-22(24-2)26-20-12-14-28(16-20)21(29)19-10-6-5-7-11-19;/h18-20H,5-17H2,1-4H3,(H2,24,25,26);1H. The Balaban J connectivity index is 0.00000320. The summed E-state index contributed by atoms with van der Waals surface area (Å²) < 4.78 is 0. The molecule has 30 heavy (non-hydrogen) atoms. The summed E-state index contributed by atoms with van der Waals surface area (Å²) in [6, 6.07) is 0.300. The summed E-state index contributed by atoms with van der Waals surface area (Å²) in [5.41, 5.74) is 0.202. The van der Waals surface area contributed by atoms with Crippen LogP contribution in [0.2, 0.25) is 0 Å². The first-order valence-electron chi connectivity index (χ1n) is 11.9. The lowest BCUT2D eigenvalue weighted by Crippen LogP contribution is -2.57. The van der Waals surface area contributed by atoms with Crippen LogP contribution < -0.4 is 10.6 Å². The molecule has 3 unspecified atom stereocenters. The van der Waals surface area contributed by atoms with Crippen LogP contribution in [0.25, 0.3) is 0 Å². The molecule has 2 N–H and O–H groups in total. The summed E-state index contributed by atoms with van der Waals surface area (Å²) in [5.74, 6) is 2.31. The van der Waals surface area contributed by atoms with Gasteiger partial charge in [-0.2, -0.15) is 0 Å². The van der Waals surface area contributed by atoms with Crippen LogP contribution in [0.3, 0.4) is 0 Å². The number of nitrogens with one attached hydrogen (secondary N) is 2. The Hall–Kier alpha value is -0.570. The Morgan fingerprint density at radius 1 is 1.13 bits per heavy atom. The molecule has 1 heterocycles. The molecule has 1 amide bonds. The fraction of sp³-hybridized carbons (Fsp3) is 0.913. The van der Waals surface area contributed by atoms with Gasteiger partial charge in [0.05, 0.1) is 0 Å². The topological polar surface area (TPSA) is 60.0 Å². The predicted octanol–water partition coefficient (Wildman–Crippen LogP) is 3.46. The van der Waals surface area contributed by atoms with Gasteiger partial charge in [-0.3, -0.25) is 9.79 Å². The van der Waals surface area contributed by atoms with Crippen LogP contribution in [0.4, 0.5) is 0 Å². The highest BCUT2D eigenvalue weighted by Crippen LogP contribution is 2.35. The first-order chi connectivity index (χ1) is 13.9. The average molecular weight is 534 g/mol. The van der Waals surface area contributed by atoms with Crippen LogP contribution in [-0.2, 0) is 4.79 Å². The molecule has 0 aromatic heterocycles. The molecule has 3 aliphatic rings. The van der Waals surface area contributed by atoms with E-state index in [9.17, 15) is 4.79 Å². The number of hydrogen-bond donors (Lipinski definition) is 2. The molecule has 3 atom stereocenters. The number of amides is 1. The number of rotatable bonds is 5. The van der Waals surface area contributed by atoms with E-state index in [2.05, 4.69) is 46.4 Å². The van der Waals surface area contributed by atoms with Gasteiger partial charge in [0, 0.05) is 44.2 Å². The van der Waals surface area contributed by atoms with Gasteiger partial charge >= 0.3 is 0 Å². The van der Waals surface area contributed by atoms with Gasteiger partial charge in [-0.05, 0) is 52.1 Å². The Bertz CT molecular complexity index is 578. The average Bonchev–Trinajstić information content (AvgIpc) is 3.19. The van der Waals surface area contributed by atoms with Crippen molar-refractivity contribution in [3.63, 3.8) is 0 Å². The van der Waals surface area contributed by atoms with Crippen molar-refractivity contribution in [3.8, 4) is 0 Å². The second-order valence-electron chi connectivity index (χ2n) is 10.00. The predicted molar refractivity (Wildman–Crippen MR) is 136 cm³/mol. The lowest BCUT2D eigenvalue weighted by atomic mass is 9.75. The molecule has 0 spiro atoms. The Labute approximate surface area is 201 Å². The van der Waals surface area contributed by atoms with Crippen molar-refractivity contribution in [1.29, 1.82) is 0 Å². The lowest BCUT2D eigenvalue weighted by molar-refractivity contribution is -0.135. The van der Waals surface area contributed by atoms with E-state index in [1.54, 1.807) is 0 Å². The highest BCUT2D eigenvalue weighted by molar-refractivity contribution is 14.0. The molecule has 3 fully saturated rings. The van der Waals surface area contributed by atoms with Crippen LogP contribution in [0.1, 0.15) is 71.1 Å². The summed E-state index contributed by atoms with van der Waals surface area (Å²) in [5, 5.41) is 7.20. The van der Waals surface area contributed by atoms with Gasteiger partial charge in [0.1, 0.15) is 0 Å². The molecule has 0 radical (unpaired) electrons. The van der Waals surface area contributed by atoms with E-state index >= 15 is 0 Å². The molecule has 7 heteroatoms. The number of likely N-dealkylation sites (tertiary alicyclic amines) is 1. The molecular weight excluding hydrogens is 489 g/mol. The lowest BCUT2D eigenvalue weighted by Gasteiger charge is -2.45. The van der Waals surface area contributed by atoms with E-state index in [1.165, 1.54) is 44.9 Å². The zero-order valence-corrected chi connectivity index (χ0v) is 21.9. The SMILES string of the molecule is CN=C(NCC1(N(C)C)CCCC(C)C1)NC1CCN(C(=O)C2CCCCC2)C1.I. The Morgan fingerprint density at radius 2 is 1.87 bits per heavy atom. The van der Waals surface area contributed by atoms with E-state index in [0.29, 0.717) is 11.9 Å². The van der Waals surface area contributed by atoms with Crippen molar-refractivity contribution in [3.05, 3.63) is 0 Å². The van der Waals surface area contributed by atoms with Crippen LogP contribution in [-0.4, -0.2) is 74.0 Å². The molecule has 2 saturated carbocycles. The Morgan fingerprint density at radius 3 is 2.50 bits per heavy atom. The Kier molecular flexibility index (Phi) is 10.2. The summed E-state index contributed by atoms with van der Waals surface area (Å²) in [4.78, 5) is 21.8. The van der Waals surface area contributed by atoms with Crippen LogP contribution in [0.5, 0.6) is 0 Å². The maximum Gasteiger partial charge on any atom is 0.225 e. The van der Waals surface area contributed by atoms with E-state index in [4.69, 9.17) is 0 Å². The van der Waals surface area contributed by atoms with Crippen molar-refractivity contribution < 1.29 is 4.79 Å². The molecular formula is C23H44IN5O. The minimum Gasteiger partial charge on any atom is -0.355 e. The third-order valence-electron chi connectivity index (χ3n) is 7.62. The van der Waals surface area contributed by atoms with E-state index in [0.717, 1.165) is 50.8 Å².